The molecule has 0 unspecified atom stereocenters. The van der Waals surface area contributed by atoms with Crippen LogP contribution >= 0.6 is 0 Å². The lowest BCUT2D eigenvalue weighted by molar-refractivity contribution is -0.125. The number of nitrogens with zero attached hydrogens (tertiary/aromatic N) is 1. The van der Waals surface area contributed by atoms with Gasteiger partial charge < -0.3 is 42.5 Å². The van der Waals surface area contributed by atoms with Crippen molar-refractivity contribution in [3.8, 4) is 0 Å². The molecule has 8 N–H and O–H groups in total. The van der Waals surface area contributed by atoms with Crippen LogP contribution in [0.5, 0.6) is 0 Å². The van der Waals surface area contributed by atoms with Crippen molar-refractivity contribution in [3.05, 3.63) is 89.0 Å². The van der Waals surface area contributed by atoms with Crippen LogP contribution in [0.25, 0.3) is 0 Å². The summed E-state index contributed by atoms with van der Waals surface area (Å²) in [5, 5.41) is 21.4. The molecule has 282 valence electrons. The third-order valence-electron chi connectivity index (χ3n) is 8.56. The zero-order valence-electron chi connectivity index (χ0n) is 29.3. The van der Waals surface area contributed by atoms with E-state index in [1.165, 1.54) is 36.4 Å². The van der Waals surface area contributed by atoms with Gasteiger partial charge in [0.15, 0.2) is 0 Å². The molecule has 7 aliphatic heterocycles. The molecule has 0 saturated carbocycles. The van der Waals surface area contributed by atoms with Gasteiger partial charge in [0.2, 0.25) is 35.4 Å². The van der Waals surface area contributed by atoms with Gasteiger partial charge >= 0.3 is 0 Å². The number of carbonyl (C=O) groups excluding carboxylic acids is 8. The van der Waals surface area contributed by atoms with E-state index in [0.717, 1.165) is 0 Å². The molecule has 0 radical (unpaired) electrons. The summed E-state index contributed by atoms with van der Waals surface area (Å²) in [5.74, 6) is -3.83. The Morgan fingerprint density at radius 3 is 1.28 bits per heavy atom. The van der Waals surface area contributed by atoms with Gasteiger partial charge in [0.25, 0.3) is 11.8 Å². The molecule has 10 rings (SSSR count). The minimum Gasteiger partial charge on any atom is -0.354 e. The number of benzene rings is 2. The first-order chi connectivity index (χ1) is 26.0. The van der Waals surface area contributed by atoms with Gasteiger partial charge in [-0.1, -0.05) is 30.3 Å². The van der Waals surface area contributed by atoms with E-state index in [-0.39, 0.29) is 87.5 Å². The van der Waals surface area contributed by atoms with Crippen LogP contribution in [-0.4, -0.2) is 77.4 Å². The Morgan fingerprint density at radius 2 is 0.870 bits per heavy atom. The van der Waals surface area contributed by atoms with Crippen molar-refractivity contribution in [1.82, 2.24) is 36.9 Å². The lowest BCUT2D eigenvalue weighted by Crippen LogP contribution is -2.48. The fraction of sp³-hybridized carbons (Fsp3) is 0.324. The predicted octanol–water partition coefficient (Wildman–Crippen LogP) is 0.388. The van der Waals surface area contributed by atoms with Crippen molar-refractivity contribution in [2.45, 2.75) is 63.7 Å². The van der Waals surface area contributed by atoms with E-state index in [2.05, 4.69) is 47.5 Å². The molecule has 7 aliphatic rings. The van der Waals surface area contributed by atoms with E-state index in [4.69, 9.17) is 0 Å². The predicted molar refractivity (Wildman–Crippen MR) is 194 cm³/mol. The summed E-state index contributed by atoms with van der Waals surface area (Å²) in [6.45, 7) is 0.0230. The second-order valence-corrected chi connectivity index (χ2v) is 12.7. The van der Waals surface area contributed by atoms with Crippen molar-refractivity contribution in [1.29, 1.82) is 0 Å². The quantitative estimate of drug-likeness (QED) is 0.159. The van der Waals surface area contributed by atoms with Crippen molar-refractivity contribution in [2.75, 3.05) is 23.7 Å². The molecular formula is C37H41N9O8. The smallest absolute Gasteiger partial charge is 0.251 e. The molecule has 0 fully saturated rings. The van der Waals surface area contributed by atoms with E-state index >= 15 is 0 Å². The van der Waals surface area contributed by atoms with Gasteiger partial charge in [-0.05, 0) is 60.4 Å². The van der Waals surface area contributed by atoms with Crippen LogP contribution in [0.1, 0.15) is 70.4 Å². The molecule has 0 saturated heterocycles. The normalized spacial score (nSPS) is 20.2. The van der Waals surface area contributed by atoms with Gasteiger partial charge in [-0.3, -0.25) is 38.4 Å². The SMILES string of the molecule is O=C1CC[C@H]2NC(=O)c3ccc(cc3)CNC(=O)CC[C@@H](NC(=O)c3ccc(cc3)CN1)C(=O)NCCC(=O)Nc1cccc(n1)NC(=O)CCNC2=O. The number of aromatic nitrogens is 1. The highest BCUT2D eigenvalue weighted by Gasteiger charge is 2.25. The number of carbonyl (C=O) groups is 8. The molecule has 0 spiro atoms. The third-order valence-corrected chi connectivity index (χ3v) is 8.56. The molecular weight excluding hydrogens is 698 g/mol. The number of hydrogen-bond donors (Lipinski definition) is 8. The topological polar surface area (TPSA) is 246 Å². The van der Waals surface area contributed by atoms with Crippen molar-refractivity contribution in [3.63, 3.8) is 0 Å². The fourth-order valence-electron chi connectivity index (χ4n) is 5.53. The molecule has 2 aromatic carbocycles. The molecule has 8 bridgehead atoms. The van der Waals surface area contributed by atoms with Gasteiger partial charge in [-0.25, -0.2) is 4.98 Å². The first-order valence-electron chi connectivity index (χ1n) is 17.5. The largest absolute Gasteiger partial charge is 0.354 e. The van der Waals surface area contributed by atoms with Crippen LogP contribution in [0.4, 0.5) is 11.6 Å². The van der Waals surface area contributed by atoms with Crippen LogP contribution in [0.3, 0.4) is 0 Å². The molecule has 2 atom stereocenters. The Hall–Kier alpha value is -6.65. The standard InChI is InChI=1S/C37H41N9O8/c47-30-14-12-26-36(53)38-18-16-32(49)45-28-2-1-3-29(44-28)46-33(50)17-19-39-37(54)27(43-35(52)25-10-6-23(7-11-25)20-40-30)13-15-31(48)41-21-22-4-8-24(9-5-22)34(51)42-26/h1-11,26-27H,12-21H2,(H,38,53)(H,39,54)(H,40,47)(H,41,48)(H,42,51)(H,43,52)(H2,44,45,46,49,50)/t26-,27-/m1/s1. The molecule has 1 aromatic heterocycles. The number of amides is 8. The number of rotatable bonds is 0. The van der Waals surface area contributed by atoms with Crippen molar-refractivity contribution in [2.24, 2.45) is 0 Å². The highest BCUT2D eigenvalue weighted by molar-refractivity contribution is 5.99. The molecule has 8 heterocycles. The van der Waals surface area contributed by atoms with Crippen LogP contribution in [-0.2, 0) is 41.9 Å². The number of hydrogen-bond acceptors (Lipinski definition) is 9. The highest BCUT2D eigenvalue weighted by atomic mass is 16.2. The van der Waals surface area contributed by atoms with Gasteiger partial charge in [0, 0.05) is 63.0 Å². The lowest BCUT2D eigenvalue weighted by Gasteiger charge is -2.19. The molecule has 3 aromatic rings. The second-order valence-electron chi connectivity index (χ2n) is 12.7. The summed E-state index contributed by atoms with van der Waals surface area (Å²) < 4.78 is 0. The fourth-order valence-corrected chi connectivity index (χ4v) is 5.53. The first kappa shape index (κ1) is 38.6. The Kier molecular flexibility index (Phi) is 13.4. The van der Waals surface area contributed by atoms with Crippen LogP contribution in [0, 0.1) is 0 Å². The Morgan fingerprint density at radius 1 is 0.463 bits per heavy atom. The molecule has 8 amide bonds. The van der Waals surface area contributed by atoms with E-state index < -0.39 is 59.3 Å². The maximum Gasteiger partial charge on any atom is 0.251 e. The van der Waals surface area contributed by atoms with Crippen molar-refractivity contribution < 1.29 is 38.4 Å². The van der Waals surface area contributed by atoms with Gasteiger partial charge in [0.05, 0.1) is 0 Å². The second kappa shape index (κ2) is 18.7. The Labute approximate surface area is 310 Å². The summed E-state index contributed by atoms with van der Waals surface area (Å²) in [7, 11) is 0. The summed E-state index contributed by atoms with van der Waals surface area (Å²) in [6.07, 6.45) is -0.668. The minimum atomic E-state index is -1.13. The highest BCUT2D eigenvalue weighted by Crippen LogP contribution is 2.12. The van der Waals surface area contributed by atoms with E-state index in [1.54, 1.807) is 30.3 Å². The summed E-state index contributed by atoms with van der Waals surface area (Å²) >= 11 is 0. The molecule has 0 aliphatic carbocycles. The molecule has 54 heavy (non-hydrogen) atoms. The average molecular weight is 740 g/mol. The third kappa shape index (κ3) is 11.7. The zero-order valence-corrected chi connectivity index (χ0v) is 29.3. The van der Waals surface area contributed by atoms with Crippen LogP contribution in [0.2, 0.25) is 0 Å². The Balaban J connectivity index is 1.43. The first-order valence-corrected chi connectivity index (χ1v) is 17.5. The monoisotopic (exact) mass is 739 g/mol. The molecule has 17 heteroatoms. The maximum atomic E-state index is 13.3. The average Bonchev–Trinajstić information content (AvgIpc) is 3.15. The van der Waals surface area contributed by atoms with Crippen molar-refractivity contribution >= 4 is 58.9 Å². The number of nitrogens with one attached hydrogen (secondary N) is 8. The number of pyridine rings is 1. The van der Waals surface area contributed by atoms with E-state index in [0.29, 0.717) is 11.1 Å². The Bertz CT molecular complexity index is 1770. The maximum absolute atomic E-state index is 13.3. The minimum absolute atomic E-state index is 0.0595. The zero-order chi connectivity index (χ0) is 38.5. The molecule has 17 nitrogen and oxygen atoms in total. The summed E-state index contributed by atoms with van der Waals surface area (Å²) in [4.78, 5) is 108. The van der Waals surface area contributed by atoms with E-state index in [9.17, 15) is 38.4 Å². The lowest BCUT2D eigenvalue weighted by atomic mass is 10.1. The van der Waals surface area contributed by atoms with Crippen LogP contribution < -0.4 is 42.5 Å². The van der Waals surface area contributed by atoms with Gasteiger partial charge in [-0.15, -0.1) is 0 Å². The number of anilines is 2. The van der Waals surface area contributed by atoms with Gasteiger partial charge in [0.1, 0.15) is 23.7 Å². The van der Waals surface area contributed by atoms with Gasteiger partial charge in [-0.2, -0.15) is 0 Å². The summed E-state index contributed by atoms with van der Waals surface area (Å²) in [5.41, 5.74) is 1.79. The van der Waals surface area contributed by atoms with Crippen LogP contribution in [0.15, 0.2) is 66.7 Å². The van der Waals surface area contributed by atoms with E-state index in [1.807, 2.05) is 0 Å². The summed E-state index contributed by atoms with van der Waals surface area (Å²) in [6, 6.07) is 15.0.